The molecule has 0 amide bonds. The van der Waals surface area contributed by atoms with E-state index in [4.69, 9.17) is 0 Å². The number of hydrogen-bond acceptors (Lipinski definition) is 2. The lowest BCUT2D eigenvalue weighted by atomic mass is 9.74. The molecule has 0 heterocycles. The number of phenols is 2. The van der Waals surface area contributed by atoms with Crippen LogP contribution < -0.4 is 0 Å². The molecule has 0 aromatic heterocycles. The molecule has 0 unspecified atom stereocenters. The SMILES string of the molecule is Cc1ccc(C(C)(C)c2ccc(C(C)(C)c3ccc(C)cc3O)cc2)c(O)c1. The summed E-state index contributed by atoms with van der Waals surface area (Å²) >= 11 is 0. The summed E-state index contributed by atoms with van der Waals surface area (Å²) in [6, 6.07) is 20.2. The third-order valence-electron chi connectivity index (χ3n) is 5.98. The Morgan fingerprint density at radius 3 is 1.14 bits per heavy atom. The highest BCUT2D eigenvalue weighted by Crippen LogP contribution is 2.40. The van der Waals surface area contributed by atoms with E-state index in [9.17, 15) is 10.2 Å². The van der Waals surface area contributed by atoms with Gasteiger partial charge in [-0.3, -0.25) is 0 Å². The predicted octanol–water partition coefficient (Wildman–Crippen LogP) is 6.37. The van der Waals surface area contributed by atoms with Gasteiger partial charge in [0.15, 0.2) is 0 Å². The number of rotatable bonds is 4. The van der Waals surface area contributed by atoms with Crippen molar-refractivity contribution in [3.8, 4) is 11.5 Å². The maximum absolute atomic E-state index is 10.4. The van der Waals surface area contributed by atoms with Crippen LogP contribution in [0.5, 0.6) is 11.5 Å². The van der Waals surface area contributed by atoms with Crippen LogP contribution in [0.25, 0.3) is 0 Å². The Morgan fingerprint density at radius 2 is 0.857 bits per heavy atom. The lowest BCUT2D eigenvalue weighted by molar-refractivity contribution is 0.451. The number of aromatic hydroxyl groups is 2. The third kappa shape index (κ3) is 3.52. The Hall–Kier alpha value is -2.74. The van der Waals surface area contributed by atoms with Crippen LogP contribution in [0.3, 0.4) is 0 Å². The van der Waals surface area contributed by atoms with E-state index in [2.05, 4.69) is 52.0 Å². The van der Waals surface area contributed by atoms with Crippen LogP contribution in [0.1, 0.15) is 61.1 Å². The first-order chi connectivity index (χ1) is 13.0. The molecule has 0 aliphatic carbocycles. The quantitative estimate of drug-likeness (QED) is 0.557. The standard InChI is InChI=1S/C26H30O2/c1-17-7-13-21(23(27)15-17)25(3,4)19-9-11-20(12-10-19)26(5,6)22-14-8-18(2)16-24(22)28/h7-16,27-28H,1-6H3. The molecule has 2 nitrogen and oxygen atoms in total. The first kappa shape index (κ1) is 20.0. The van der Waals surface area contributed by atoms with E-state index in [1.807, 2.05) is 50.2 Å². The van der Waals surface area contributed by atoms with Crippen molar-refractivity contribution < 1.29 is 10.2 Å². The summed E-state index contributed by atoms with van der Waals surface area (Å²) in [4.78, 5) is 0. The van der Waals surface area contributed by atoms with Crippen molar-refractivity contribution in [1.82, 2.24) is 0 Å². The molecule has 0 bridgehead atoms. The largest absolute Gasteiger partial charge is 0.508 e. The van der Waals surface area contributed by atoms with Crippen LogP contribution in [0.15, 0.2) is 60.7 Å². The van der Waals surface area contributed by atoms with Gasteiger partial charge in [-0.25, -0.2) is 0 Å². The molecule has 2 N–H and O–H groups in total. The molecule has 0 spiro atoms. The van der Waals surface area contributed by atoms with Crippen LogP contribution in [0.2, 0.25) is 0 Å². The van der Waals surface area contributed by atoms with E-state index >= 15 is 0 Å². The van der Waals surface area contributed by atoms with Gasteiger partial charge in [0.1, 0.15) is 11.5 Å². The van der Waals surface area contributed by atoms with Crippen molar-refractivity contribution in [2.75, 3.05) is 0 Å². The van der Waals surface area contributed by atoms with Crippen molar-refractivity contribution in [2.24, 2.45) is 0 Å². The Kier molecular flexibility index (Phi) is 5.01. The van der Waals surface area contributed by atoms with Gasteiger partial charge in [0.2, 0.25) is 0 Å². The van der Waals surface area contributed by atoms with Gasteiger partial charge in [0.05, 0.1) is 0 Å². The smallest absolute Gasteiger partial charge is 0.119 e. The molecule has 146 valence electrons. The molecule has 0 radical (unpaired) electrons. The molecule has 3 aromatic carbocycles. The number of benzene rings is 3. The highest BCUT2D eigenvalue weighted by molar-refractivity contribution is 5.50. The van der Waals surface area contributed by atoms with Gasteiger partial charge in [-0.2, -0.15) is 0 Å². The summed E-state index contributed by atoms with van der Waals surface area (Å²) in [5, 5.41) is 20.9. The predicted molar refractivity (Wildman–Crippen MR) is 116 cm³/mol. The summed E-state index contributed by atoms with van der Waals surface area (Å²) in [5.74, 6) is 0.665. The second-order valence-electron chi connectivity index (χ2n) is 8.87. The van der Waals surface area contributed by atoms with E-state index in [1.165, 1.54) is 0 Å². The zero-order valence-corrected chi connectivity index (χ0v) is 17.7. The van der Waals surface area contributed by atoms with Gasteiger partial charge in [0.25, 0.3) is 0 Å². The lowest BCUT2D eigenvalue weighted by Gasteiger charge is -2.30. The van der Waals surface area contributed by atoms with Crippen molar-refractivity contribution >= 4 is 0 Å². The minimum Gasteiger partial charge on any atom is -0.508 e. The summed E-state index contributed by atoms with van der Waals surface area (Å²) in [7, 11) is 0. The second kappa shape index (κ2) is 7.01. The second-order valence-corrected chi connectivity index (χ2v) is 8.87. The van der Waals surface area contributed by atoms with Gasteiger partial charge in [-0.15, -0.1) is 0 Å². The van der Waals surface area contributed by atoms with Gasteiger partial charge in [0, 0.05) is 22.0 Å². The summed E-state index contributed by atoms with van der Waals surface area (Å²) in [6.45, 7) is 12.5. The van der Waals surface area contributed by atoms with E-state index < -0.39 is 0 Å². The molecule has 2 heteroatoms. The van der Waals surface area contributed by atoms with Crippen LogP contribution in [-0.4, -0.2) is 10.2 Å². The van der Waals surface area contributed by atoms with Crippen LogP contribution in [0, 0.1) is 13.8 Å². The normalized spacial score (nSPS) is 12.2. The van der Waals surface area contributed by atoms with Gasteiger partial charge in [-0.05, 0) is 48.2 Å². The highest BCUT2D eigenvalue weighted by atomic mass is 16.3. The average Bonchev–Trinajstić information content (AvgIpc) is 2.61. The molecule has 3 aromatic rings. The molecule has 3 rings (SSSR count). The number of hydrogen-bond donors (Lipinski definition) is 2. The number of aryl methyl sites for hydroxylation is 2. The molecule has 28 heavy (non-hydrogen) atoms. The molecule has 0 atom stereocenters. The van der Waals surface area contributed by atoms with E-state index in [0.29, 0.717) is 11.5 Å². The Morgan fingerprint density at radius 1 is 0.536 bits per heavy atom. The minimum absolute atomic E-state index is 0.313. The molecule has 0 aliphatic rings. The summed E-state index contributed by atoms with van der Waals surface area (Å²) in [5.41, 5.74) is 5.58. The fraction of sp³-hybridized carbons (Fsp3) is 0.308. The lowest BCUT2D eigenvalue weighted by Crippen LogP contribution is -2.22. The highest BCUT2D eigenvalue weighted by Gasteiger charge is 2.29. The topological polar surface area (TPSA) is 40.5 Å². The molecule has 0 saturated heterocycles. The maximum atomic E-state index is 10.4. The fourth-order valence-corrected chi connectivity index (χ4v) is 3.95. The van der Waals surface area contributed by atoms with E-state index in [0.717, 1.165) is 33.4 Å². The molecular formula is C26H30O2. The zero-order valence-electron chi connectivity index (χ0n) is 17.7. The Bertz CT molecular complexity index is 913. The van der Waals surface area contributed by atoms with Crippen molar-refractivity contribution in [1.29, 1.82) is 0 Å². The van der Waals surface area contributed by atoms with Gasteiger partial charge in [-0.1, -0.05) is 76.2 Å². The first-order valence-corrected chi connectivity index (χ1v) is 9.74. The molecule has 0 aliphatic heterocycles. The van der Waals surface area contributed by atoms with Gasteiger partial charge < -0.3 is 10.2 Å². The minimum atomic E-state index is -0.313. The molecular weight excluding hydrogens is 344 g/mol. The zero-order chi connectivity index (χ0) is 20.7. The average molecular weight is 375 g/mol. The van der Waals surface area contributed by atoms with E-state index in [1.54, 1.807) is 0 Å². The van der Waals surface area contributed by atoms with E-state index in [-0.39, 0.29) is 10.8 Å². The monoisotopic (exact) mass is 374 g/mol. The van der Waals surface area contributed by atoms with Crippen molar-refractivity contribution in [3.63, 3.8) is 0 Å². The van der Waals surface area contributed by atoms with Crippen molar-refractivity contribution in [2.45, 2.75) is 52.4 Å². The fourth-order valence-electron chi connectivity index (χ4n) is 3.95. The van der Waals surface area contributed by atoms with Gasteiger partial charge >= 0.3 is 0 Å². The van der Waals surface area contributed by atoms with Crippen molar-refractivity contribution in [3.05, 3.63) is 94.0 Å². The van der Waals surface area contributed by atoms with Crippen LogP contribution in [-0.2, 0) is 10.8 Å². The van der Waals surface area contributed by atoms with Crippen LogP contribution >= 0.6 is 0 Å². The summed E-state index contributed by atoms with van der Waals surface area (Å²) in [6.07, 6.45) is 0. The number of phenolic OH excluding ortho intramolecular Hbond substituents is 2. The molecule has 0 fully saturated rings. The Balaban J connectivity index is 1.98. The first-order valence-electron chi connectivity index (χ1n) is 9.74. The molecule has 0 saturated carbocycles. The third-order valence-corrected chi connectivity index (χ3v) is 5.98. The summed E-state index contributed by atoms with van der Waals surface area (Å²) < 4.78 is 0. The maximum Gasteiger partial charge on any atom is 0.119 e. The Labute approximate surface area is 168 Å². The van der Waals surface area contributed by atoms with Crippen LogP contribution in [0.4, 0.5) is 0 Å².